The van der Waals surface area contributed by atoms with E-state index in [1.165, 1.54) is 0 Å². The molecule has 2 rings (SSSR count). The molecule has 1 unspecified atom stereocenters. The van der Waals surface area contributed by atoms with Crippen LogP contribution in [0.4, 0.5) is 0 Å². The monoisotopic (exact) mass is 343 g/mol. The molecule has 0 aliphatic carbocycles. The fourth-order valence-corrected chi connectivity index (χ4v) is 2.90. The van der Waals surface area contributed by atoms with Crippen molar-refractivity contribution in [1.29, 1.82) is 0 Å². The van der Waals surface area contributed by atoms with Crippen molar-refractivity contribution in [2.75, 3.05) is 19.6 Å². The lowest BCUT2D eigenvalue weighted by molar-refractivity contribution is -0.121. The number of aromatic nitrogens is 2. The van der Waals surface area contributed by atoms with E-state index in [-0.39, 0.29) is 30.3 Å². The normalized spacial score (nSPS) is 17.5. The molecule has 23 heavy (non-hydrogen) atoms. The van der Waals surface area contributed by atoms with E-state index in [0.29, 0.717) is 25.1 Å². The molecule has 2 amide bonds. The lowest BCUT2D eigenvalue weighted by atomic mass is 10.0. The van der Waals surface area contributed by atoms with E-state index < -0.39 is 0 Å². The van der Waals surface area contributed by atoms with Gasteiger partial charge in [-0.2, -0.15) is 5.10 Å². The summed E-state index contributed by atoms with van der Waals surface area (Å²) in [5.41, 5.74) is 6.76. The number of hydrogen-bond acceptors (Lipinski definition) is 4. The van der Waals surface area contributed by atoms with Crippen LogP contribution in [0.2, 0.25) is 0 Å². The highest BCUT2D eigenvalue weighted by Crippen LogP contribution is 2.20. The summed E-state index contributed by atoms with van der Waals surface area (Å²) in [5, 5.41) is 7.11. The number of carbonyl (C=O) groups is 2. The molecule has 7 nitrogen and oxygen atoms in total. The van der Waals surface area contributed by atoms with Crippen LogP contribution in [0.25, 0.3) is 0 Å². The first-order chi connectivity index (χ1) is 10.5. The van der Waals surface area contributed by atoms with Crippen molar-refractivity contribution in [3.63, 3.8) is 0 Å². The molecule has 2 heterocycles. The topological polar surface area (TPSA) is 93.2 Å². The van der Waals surface area contributed by atoms with Crippen molar-refractivity contribution >= 4 is 24.2 Å². The first-order valence-corrected chi connectivity index (χ1v) is 7.81. The first-order valence-electron chi connectivity index (χ1n) is 7.81. The molecule has 1 saturated heterocycles. The van der Waals surface area contributed by atoms with Gasteiger partial charge in [-0.3, -0.25) is 14.3 Å². The van der Waals surface area contributed by atoms with Crippen LogP contribution >= 0.6 is 12.4 Å². The number of halogens is 1. The summed E-state index contributed by atoms with van der Waals surface area (Å²) in [6.07, 6.45) is 5.07. The van der Waals surface area contributed by atoms with E-state index in [1.807, 2.05) is 18.9 Å². The zero-order chi connectivity index (χ0) is 16.1. The van der Waals surface area contributed by atoms with Crippen LogP contribution in [0.15, 0.2) is 6.20 Å². The average molecular weight is 344 g/mol. The Labute approximate surface area is 143 Å². The first kappa shape index (κ1) is 19.4. The van der Waals surface area contributed by atoms with Crippen LogP contribution < -0.4 is 11.1 Å². The van der Waals surface area contributed by atoms with E-state index >= 15 is 0 Å². The van der Waals surface area contributed by atoms with E-state index in [9.17, 15) is 9.59 Å². The van der Waals surface area contributed by atoms with Crippen LogP contribution in [0.1, 0.15) is 41.7 Å². The van der Waals surface area contributed by atoms with Gasteiger partial charge in [0, 0.05) is 45.3 Å². The van der Waals surface area contributed by atoms with Crippen LogP contribution in [0.5, 0.6) is 0 Å². The third kappa shape index (κ3) is 4.94. The Morgan fingerprint density at radius 3 is 2.78 bits per heavy atom. The molecule has 1 aliphatic heterocycles. The molecule has 0 saturated carbocycles. The van der Waals surface area contributed by atoms with Gasteiger partial charge in [-0.1, -0.05) is 0 Å². The minimum absolute atomic E-state index is 0. The summed E-state index contributed by atoms with van der Waals surface area (Å²) in [4.78, 5) is 26.2. The second-order valence-corrected chi connectivity index (χ2v) is 5.79. The van der Waals surface area contributed by atoms with Crippen molar-refractivity contribution < 1.29 is 9.59 Å². The summed E-state index contributed by atoms with van der Waals surface area (Å²) in [5.74, 6) is -0.0543. The number of nitrogens with one attached hydrogen (secondary N) is 1. The second kappa shape index (κ2) is 8.88. The zero-order valence-electron chi connectivity index (χ0n) is 13.7. The van der Waals surface area contributed by atoms with Gasteiger partial charge in [0.1, 0.15) is 0 Å². The lowest BCUT2D eigenvalue weighted by Crippen LogP contribution is -2.49. The van der Waals surface area contributed by atoms with E-state index in [4.69, 9.17) is 5.73 Å². The van der Waals surface area contributed by atoms with E-state index in [1.54, 1.807) is 10.9 Å². The summed E-state index contributed by atoms with van der Waals surface area (Å²) >= 11 is 0. The molecule has 1 aromatic heterocycles. The number of rotatable bonds is 5. The Morgan fingerprint density at radius 2 is 2.17 bits per heavy atom. The summed E-state index contributed by atoms with van der Waals surface area (Å²) in [6, 6.07) is 0.0441. The van der Waals surface area contributed by atoms with Crippen molar-refractivity contribution in [1.82, 2.24) is 20.0 Å². The molecule has 0 radical (unpaired) electrons. The van der Waals surface area contributed by atoms with Gasteiger partial charge in [0.15, 0.2) is 0 Å². The quantitative estimate of drug-likeness (QED) is 0.819. The minimum Gasteiger partial charge on any atom is -0.354 e. The Hall–Kier alpha value is -1.60. The van der Waals surface area contributed by atoms with E-state index in [0.717, 1.165) is 31.5 Å². The number of piperidine rings is 1. The summed E-state index contributed by atoms with van der Waals surface area (Å²) < 4.78 is 1.66. The molecule has 130 valence electrons. The number of carbonyl (C=O) groups excluding carboxylic acids is 2. The largest absolute Gasteiger partial charge is 0.354 e. The SMILES string of the molecule is Cc1nn(C)cc1C(=O)N1CCCCC1CNC(=O)CCN.Cl. The van der Waals surface area contributed by atoms with Gasteiger partial charge in [-0.15, -0.1) is 12.4 Å². The lowest BCUT2D eigenvalue weighted by Gasteiger charge is -2.35. The Balaban J connectivity index is 0.00000264. The average Bonchev–Trinajstić information content (AvgIpc) is 2.84. The molecule has 1 aliphatic rings. The number of nitrogens with zero attached hydrogens (tertiary/aromatic N) is 3. The van der Waals surface area contributed by atoms with Crippen molar-refractivity contribution in [3.05, 3.63) is 17.5 Å². The third-order valence-corrected chi connectivity index (χ3v) is 4.04. The molecular formula is C15H26ClN5O2. The molecule has 0 aromatic carbocycles. The van der Waals surface area contributed by atoms with Crippen molar-refractivity contribution in [2.24, 2.45) is 12.8 Å². The molecule has 1 fully saturated rings. The van der Waals surface area contributed by atoms with Gasteiger partial charge in [-0.05, 0) is 26.2 Å². The third-order valence-electron chi connectivity index (χ3n) is 4.04. The Kier molecular flexibility index (Phi) is 7.51. The van der Waals surface area contributed by atoms with E-state index in [2.05, 4.69) is 10.4 Å². The van der Waals surface area contributed by atoms with Crippen LogP contribution in [0, 0.1) is 6.92 Å². The fourth-order valence-electron chi connectivity index (χ4n) is 2.90. The molecule has 1 aromatic rings. The Bertz CT molecular complexity index is 546. The van der Waals surface area contributed by atoms with Crippen molar-refractivity contribution in [2.45, 2.75) is 38.6 Å². The molecule has 0 bridgehead atoms. The van der Waals surface area contributed by atoms with Crippen LogP contribution in [-0.4, -0.2) is 52.2 Å². The van der Waals surface area contributed by atoms with Gasteiger partial charge in [0.05, 0.1) is 11.3 Å². The smallest absolute Gasteiger partial charge is 0.257 e. The number of amides is 2. The molecular weight excluding hydrogens is 318 g/mol. The van der Waals surface area contributed by atoms with Gasteiger partial charge >= 0.3 is 0 Å². The molecule has 3 N–H and O–H groups in total. The van der Waals surface area contributed by atoms with Crippen LogP contribution in [0.3, 0.4) is 0 Å². The maximum Gasteiger partial charge on any atom is 0.257 e. The summed E-state index contributed by atoms with van der Waals surface area (Å²) in [6.45, 7) is 3.40. The number of aryl methyl sites for hydroxylation is 2. The number of nitrogens with two attached hydrogens (primary N) is 1. The highest BCUT2D eigenvalue weighted by molar-refractivity contribution is 5.95. The maximum absolute atomic E-state index is 12.8. The maximum atomic E-state index is 12.8. The number of likely N-dealkylation sites (tertiary alicyclic amines) is 1. The van der Waals surface area contributed by atoms with Gasteiger partial charge in [-0.25, -0.2) is 0 Å². The van der Waals surface area contributed by atoms with Gasteiger partial charge in [0.25, 0.3) is 5.91 Å². The highest BCUT2D eigenvalue weighted by atomic mass is 35.5. The standard InChI is InChI=1S/C15H25N5O2.ClH/c1-11-13(10-19(2)18-11)15(22)20-8-4-3-5-12(20)9-17-14(21)6-7-16;/h10,12H,3-9,16H2,1-2H3,(H,17,21);1H. The molecule has 1 atom stereocenters. The predicted octanol–water partition coefficient (Wildman–Crippen LogP) is 0.610. The predicted molar refractivity (Wildman–Crippen MR) is 90.5 cm³/mol. The van der Waals surface area contributed by atoms with Gasteiger partial charge < -0.3 is 16.0 Å². The van der Waals surface area contributed by atoms with Gasteiger partial charge in [0.2, 0.25) is 5.91 Å². The zero-order valence-corrected chi connectivity index (χ0v) is 14.6. The number of hydrogen-bond donors (Lipinski definition) is 2. The molecule has 0 spiro atoms. The second-order valence-electron chi connectivity index (χ2n) is 5.79. The highest BCUT2D eigenvalue weighted by Gasteiger charge is 2.29. The minimum atomic E-state index is -0.0574. The molecule has 8 heteroatoms. The summed E-state index contributed by atoms with van der Waals surface area (Å²) in [7, 11) is 1.81. The van der Waals surface area contributed by atoms with Crippen molar-refractivity contribution in [3.8, 4) is 0 Å². The van der Waals surface area contributed by atoms with Crippen LogP contribution in [-0.2, 0) is 11.8 Å². The Morgan fingerprint density at radius 1 is 1.43 bits per heavy atom. The fraction of sp³-hybridized carbons (Fsp3) is 0.667.